The van der Waals surface area contributed by atoms with Crippen molar-refractivity contribution in [2.75, 3.05) is 0 Å². The first-order chi connectivity index (χ1) is 9.69. The zero-order chi connectivity index (χ0) is 14.4. The average molecular weight is 310 g/mol. The van der Waals surface area contributed by atoms with Crippen LogP contribution < -0.4 is 11.3 Å². The van der Waals surface area contributed by atoms with Gasteiger partial charge in [0.1, 0.15) is 0 Å². The normalized spacial score (nSPS) is 12.3. The van der Waals surface area contributed by atoms with Crippen molar-refractivity contribution in [3.05, 3.63) is 63.9 Å². The van der Waals surface area contributed by atoms with Gasteiger partial charge in [-0.2, -0.15) is 0 Å². The van der Waals surface area contributed by atoms with Crippen molar-refractivity contribution < 1.29 is 0 Å². The molecule has 0 amide bonds. The van der Waals surface area contributed by atoms with Crippen LogP contribution in [-0.4, -0.2) is 11.0 Å². The molecule has 0 aliphatic rings. The first kappa shape index (κ1) is 15.3. The molecule has 20 heavy (non-hydrogen) atoms. The van der Waals surface area contributed by atoms with Gasteiger partial charge in [0.25, 0.3) is 0 Å². The average Bonchev–Trinajstić information content (AvgIpc) is 2.48. The number of halogens is 2. The highest BCUT2D eigenvalue weighted by atomic mass is 35.5. The van der Waals surface area contributed by atoms with Crippen molar-refractivity contribution >= 4 is 23.2 Å². The molecule has 1 atom stereocenters. The van der Waals surface area contributed by atoms with Crippen molar-refractivity contribution in [3.63, 3.8) is 0 Å². The van der Waals surface area contributed by atoms with Gasteiger partial charge >= 0.3 is 0 Å². The Morgan fingerprint density at radius 1 is 1.15 bits per heavy atom. The Morgan fingerprint density at radius 2 is 2.00 bits per heavy atom. The van der Waals surface area contributed by atoms with Crippen LogP contribution in [0.4, 0.5) is 0 Å². The second-order valence-corrected chi connectivity index (χ2v) is 5.53. The summed E-state index contributed by atoms with van der Waals surface area (Å²) in [5.41, 5.74) is 5.19. The first-order valence-corrected chi connectivity index (χ1v) is 7.23. The molecule has 3 nitrogen and oxygen atoms in total. The van der Waals surface area contributed by atoms with E-state index in [0.717, 1.165) is 24.8 Å². The molecule has 0 saturated carbocycles. The van der Waals surface area contributed by atoms with E-state index in [2.05, 4.69) is 16.5 Å². The number of nitrogens with two attached hydrogens (primary N) is 1. The smallest absolute Gasteiger partial charge is 0.0595 e. The Bertz CT molecular complexity index is 546. The maximum absolute atomic E-state index is 6.02. The lowest BCUT2D eigenvalue weighted by molar-refractivity contribution is 0.491. The molecule has 1 aromatic heterocycles. The zero-order valence-electron chi connectivity index (χ0n) is 11.0. The zero-order valence-corrected chi connectivity index (χ0v) is 12.5. The number of aromatic nitrogens is 1. The molecule has 0 radical (unpaired) electrons. The fraction of sp³-hybridized carbons (Fsp3) is 0.267. The number of benzene rings is 1. The topological polar surface area (TPSA) is 50.9 Å². The molecule has 106 valence electrons. The molecule has 0 aliphatic carbocycles. The van der Waals surface area contributed by atoms with Crippen LogP contribution in [0.3, 0.4) is 0 Å². The third-order valence-corrected chi connectivity index (χ3v) is 3.95. The van der Waals surface area contributed by atoms with Gasteiger partial charge in [-0.15, -0.1) is 0 Å². The SMILES string of the molecule is NNC(CCc1cccnc1)Cc1ccc(Cl)c(Cl)c1. The van der Waals surface area contributed by atoms with E-state index in [9.17, 15) is 0 Å². The Labute approximate surface area is 129 Å². The van der Waals surface area contributed by atoms with Crippen LogP contribution in [0.1, 0.15) is 17.5 Å². The van der Waals surface area contributed by atoms with E-state index in [1.807, 2.05) is 30.5 Å². The number of aryl methyl sites for hydroxylation is 1. The maximum Gasteiger partial charge on any atom is 0.0595 e. The fourth-order valence-corrected chi connectivity index (χ4v) is 2.40. The Morgan fingerprint density at radius 3 is 2.65 bits per heavy atom. The predicted octanol–water partition coefficient (Wildman–Crippen LogP) is 3.40. The summed E-state index contributed by atoms with van der Waals surface area (Å²) in [5.74, 6) is 5.63. The lowest BCUT2D eigenvalue weighted by Gasteiger charge is -2.16. The van der Waals surface area contributed by atoms with E-state index < -0.39 is 0 Å². The number of nitrogens with zero attached hydrogens (tertiary/aromatic N) is 1. The number of hydrogen-bond donors (Lipinski definition) is 2. The minimum atomic E-state index is 0.187. The van der Waals surface area contributed by atoms with Gasteiger partial charge in [-0.1, -0.05) is 35.3 Å². The van der Waals surface area contributed by atoms with E-state index in [1.54, 1.807) is 6.20 Å². The second kappa shape index (κ2) is 7.60. The summed E-state index contributed by atoms with van der Waals surface area (Å²) in [7, 11) is 0. The van der Waals surface area contributed by atoms with Crippen LogP contribution in [0.25, 0.3) is 0 Å². The molecule has 0 fully saturated rings. The lowest BCUT2D eigenvalue weighted by atomic mass is 10.0. The summed E-state index contributed by atoms with van der Waals surface area (Å²) in [6, 6.07) is 9.88. The molecule has 0 aliphatic heterocycles. The third-order valence-electron chi connectivity index (χ3n) is 3.21. The number of rotatable bonds is 6. The largest absolute Gasteiger partial charge is 0.271 e. The maximum atomic E-state index is 6.02. The van der Waals surface area contributed by atoms with Crippen molar-refractivity contribution in [1.82, 2.24) is 10.4 Å². The van der Waals surface area contributed by atoms with Gasteiger partial charge in [-0.05, 0) is 48.6 Å². The molecule has 1 unspecified atom stereocenters. The van der Waals surface area contributed by atoms with Gasteiger partial charge in [-0.25, -0.2) is 0 Å². The van der Waals surface area contributed by atoms with E-state index >= 15 is 0 Å². The van der Waals surface area contributed by atoms with Crippen LogP contribution in [0.5, 0.6) is 0 Å². The summed E-state index contributed by atoms with van der Waals surface area (Å²) in [6.07, 6.45) is 6.34. The Kier molecular flexibility index (Phi) is 5.80. The van der Waals surface area contributed by atoms with Gasteiger partial charge in [0, 0.05) is 18.4 Å². The molecule has 1 heterocycles. The minimum Gasteiger partial charge on any atom is -0.271 e. The van der Waals surface area contributed by atoms with Gasteiger partial charge in [0.2, 0.25) is 0 Å². The van der Waals surface area contributed by atoms with Crippen LogP contribution in [0, 0.1) is 0 Å². The quantitative estimate of drug-likeness (QED) is 0.635. The van der Waals surface area contributed by atoms with Gasteiger partial charge < -0.3 is 0 Å². The molecule has 3 N–H and O–H groups in total. The highest BCUT2D eigenvalue weighted by Gasteiger charge is 2.09. The second-order valence-electron chi connectivity index (χ2n) is 4.72. The monoisotopic (exact) mass is 309 g/mol. The van der Waals surface area contributed by atoms with Crippen LogP contribution in [-0.2, 0) is 12.8 Å². The van der Waals surface area contributed by atoms with Crippen molar-refractivity contribution in [1.29, 1.82) is 0 Å². The van der Waals surface area contributed by atoms with E-state index in [0.29, 0.717) is 10.0 Å². The molecule has 0 saturated heterocycles. The molecule has 0 bridgehead atoms. The third kappa shape index (κ3) is 4.46. The Hall–Kier alpha value is -1.13. The lowest BCUT2D eigenvalue weighted by Crippen LogP contribution is -2.37. The standard InChI is InChI=1S/C15H17Cl2N3/c16-14-6-4-12(9-15(14)17)8-13(20-18)5-3-11-2-1-7-19-10-11/h1-2,4,6-7,9-10,13,20H,3,5,8,18H2. The van der Waals surface area contributed by atoms with Gasteiger partial charge in [0.05, 0.1) is 10.0 Å². The molecule has 1 aromatic carbocycles. The van der Waals surface area contributed by atoms with Crippen molar-refractivity contribution in [2.45, 2.75) is 25.3 Å². The highest BCUT2D eigenvalue weighted by molar-refractivity contribution is 6.42. The highest BCUT2D eigenvalue weighted by Crippen LogP contribution is 2.23. The van der Waals surface area contributed by atoms with Gasteiger partial charge in [0.15, 0.2) is 0 Å². The summed E-state index contributed by atoms with van der Waals surface area (Å²) in [4.78, 5) is 4.11. The molecular weight excluding hydrogens is 293 g/mol. The molecular formula is C15H17Cl2N3. The van der Waals surface area contributed by atoms with Crippen LogP contribution in [0.2, 0.25) is 10.0 Å². The molecule has 0 spiro atoms. The number of nitrogens with one attached hydrogen (secondary N) is 1. The summed E-state index contributed by atoms with van der Waals surface area (Å²) in [6.45, 7) is 0. The van der Waals surface area contributed by atoms with Crippen molar-refractivity contribution in [2.24, 2.45) is 5.84 Å². The van der Waals surface area contributed by atoms with Crippen molar-refractivity contribution in [3.8, 4) is 0 Å². The van der Waals surface area contributed by atoms with E-state index in [4.69, 9.17) is 29.0 Å². The van der Waals surface area contributed by atoms with E-state index in [1.165, 1.54) is 5.56 Å². The van der Waals surface area contributed by atoms with Crippen LogP contribution in [0.15, 0.2) is 42.7 Å². The molecule has 5 heteroatoms. The van der Waals surface area contributed by atoms with Gasteiger partial charge in [-0.3, -0.25) is 16.3 Å². The summed E-state index contributed by atoms with van der Waals surface area (Å²) in [5, 5.41) is 1.15. The first-order valence-electron chi connectivity index (χ1n) is 6.48. The predicted molar refractivity (Wildman–Crippen MR) is 83.8 cm³/mol. The molecule has 2 aromatic rings. The number of hydrazine groups is 1. The van der Waals surface area contributed by atoms with Crippen LogP contribution >= 0.6 is 23.2 Å². The summed E-state index contributed by atoms with van der Waals surface area (Å²) >= 11 is 11.9. The number of pyridine rings is 1. The Balaban J connectivity index is 1.93. The molecule has 2 rings (SSSR count). The number of hydrogen-bond acceptors (Lipinski definition) is 3. The fourth-order valence-electron chi connectivity index (χ4n) is 2.08. The summed E-state index contributed by atoms with van der Waals surface area (Å²) < 4.78 is 0. The minimum absolute atomic E-state index is 0.187. The van der Waals surface area contributed by atoms with E-state index in [-0.39, 0.29) is 6.04 Å².